The molecule has 25 heavy (non-hydrogen) atoms. The van der Waals surface area contributed by atoms with E-state index in [2.05, 4.69) is 15.4 Å². The molecule has 1 aliphatic carbocycles. The highest BCUT2D eigenvalue weighted by Crippen LogP contribution is 2.38. The molecule has 0 aromatic rings. The van der Waals surface area contributed by atoms with Crippen LogP contribution in [0.1, 0.15) is 53.9 Å². The summed E-state index contributed by atoms with van der Waals surface area (Å²) in [6, 6.07) is -0.568. The van der Waals surface area contributed by atoms with Crippen LogP contribution in [0.5, 0.6) is 0 Å². The van der Waals surface area contributed by atoms with Crippen molar-refractivity contribution >= 4 is 17.9 Å². The second kappa shape index (κ2) is 9.63. The molecule has 1 aliphatic heterocycles. The van der Waals surface area contributed by atoms with Crippen molar-refractivity contribution in [3.05, 3.63) is 0 Å². The molecule has 7 heteroatoms. The van der Waals surface area contributed by atoms with Crippen LogP contribution in [0.2, 0.25) is 0 Å². The SMILES string of the molecule is CC.COC(=O)NC(C(=O)N1CCC2CCC(NC(C)=O)C21)C(C)C. The predicted octanol–water partition coefficient (Wildman–Crippen LogP) is 1.91. The zero-order valence-electron chi connectivity index (χ0n) is 16.3. The van der Waals surface area contributed by atoms with Crippen molar-refractivity contribution in [2.45, 2.75) is 72.0 Å². The fourth-order valence-corrected chi connectivity index (χ4v) is 3.86. The molecular formula is C18H33N3O4. The highest BCUT2D eigenvalue weighted by molar-refractivity contribution is 5.86. The molecular weight excluding hydrogens is 322 g/mol. The Bertz CT molecular complexity index is 481. The van der Waals surface area contributed by atoms with Gasteiger partial charge in [0.05, 0.1) is 13.2 Å². The van der Waals surface area contributed by atoms with E-state index in [0.29, 0.717) is 12.5 Å². The second-order valence-electron chi connectivity index (χ2n) is 6.81. The number of nitrogens with one attached hydrogen (secondary N) is 2. The lowest BCUT2D eigenvalue weighted by atomic mass is 10.00. The number of likely N-dealkylation sites (tertiary alicyclic amines) is 1. The minimum absolute atomic E-state index is 0.00916. The van der Waals surface area contributed by atoms with Crippen molar-refractivity contribution in [2.24, 2.45) is 11.8 Å². The Morgan fingerprint density at radius 3 is 2.28 bits per heavy atom. The van der Waals surface area contributed by atoms with Gasteiger partial charge in [0.2, 0.25) is 11.8 Å². The first-order valence-corrected chi connectivity index (χ1v) is 9.27. The Labute approximate surface area is 150 Å². The van der Waals surface area contributed by atoms with E-state index in [9.17, 15) is 14.4 Å². The first-order chi connectivity index (χ1) is 11.8. The number of amides is 3. The number of nitrogens with zero attached hydrogens (tertiary/aromatic N) is 1. The number of fused-ring (bicyclic) bond motifs is 1. The molecule has 0 spiro atoms. The topological polar surface area (TPSA) is 87.7 Å². The Hall–Kier alpha value is -1.79. The molecule has 2 N–H and O–H groups in total. The normalized spacial score (nSPS) is 25.6. The van der Waals surface area contributed by atoms with E-state index in [-0.39, 0.29) is 29.8 Å². The molecule has 4 unspecified atom stereocenters. The van der Waals surface area contributed by atoms with E-state index in [4.69, 9.17) is 0 Å². The van der Waals surface area contributed by atoms with Crippen molar-refractivity contribution < 1.29 is 19.1 Å². The van der Waals surface area contributed by atoms with E-state index in [1.807, 2.05) is 32.6 Å². The van der Waals surface area contributed by atoms with Crippen molar-refractivity contribution in [1.82, 2.24) is 15.5 Å². The van der Waals surface area contributed by atoms with Crippen LogP contribution in [0.15, 0.2) is 0 Å². The van der Waals surface area contributed by atoms with Crippen LogP contribution in [0, 0.1) is 11.8 Å². The number of alkyl carbamates (subject to hydrolysis) is 1. The highest BCUT2D eigenvalue weighted by Gasteiger charge is 2.47. The number of hydrogen-bond donors (Lipinski definition) is 2. The molecule has 3 amide bonds. The summed E-state index contributed by atoms with van der Waals surface area (Å²) in [4.78, 5) is 37.7. The molecule has 2 aliphatic rings. The van der Waals surface area contributed by atoms with E-state index in [1.54, 1.807) is 0 Å². The summed E-state index contributed by atoms with van der Waals surface area (Å²) in [5, 5.41) is 5.61. The lowest BCUT2D eigenvalue weighted by Crippen LogP contribution is -2.56. The Balaban J connectivity index is 0.00000151. The molecule has 0 radical (unpaired) electrons. The van der Waals surface area contributed by atoms with Crippen molar-refractivity contribution in [1.29, 1.82) is 0 Å². The third-order valence-electron chi connectivity index (χ3n) is 4.91. The monoisotopic (exact) mass is 355 g/mol. The van der Waals surface area contributed by atoms with Gasteiger partial charge < -0.3 is 20.3 Å². The van der Waals surface area contributed by atoms with Crippen LogP contribution in [0.4, 0.5) is 4.79 Å². The fourth-order valence-electron chi connectivity index (χ4n) is 3.86. The maximum Gasteiger partial charge on any atom is 0.407 e. The Kier molecular flexibility index (Phi) is 8.19. The maximum absolute atomic E-state index is 13.0. The predicted molar refractivity (Wildman–Crippen MR) is 96.0 cm³/mol. The number of carbonyl (C=O) groups is 3. The van der Waals surface area contributed by atoms with E-state index < -0.39 is 12.1 Å². The third-order valence-corrected chi connectivity index (χ3v) is 4.91. The van der Waals surface area contributed by atoms with E-state index in [0.717, 1.165) is 19.3 Å². The molecule has 2 fully saturated rings. The third kappa shape index (κ3) is 5.09. The average molecular weight is 355 g/mol. The van der Waals surface area contributed by atoms with Crippen LogP contribution in [0.25, 0.3) is 0 Å². The van der Waals surface area contributed by atoms with Gasteiger partial charge in [0.25, 0.3) is 0 Å². The molecule has 0 aromatic heterocycles. The zero-order chi connectivity index (χ0) is 19.1. The lowest BCUT2D eigenvalue weighted by Gasteiger charge is -2.33. The summed E-state index contributed by atoms with van der Waals surface area (Å²) in [5.74, 6) is 0.237. The van der Waals surface area contributed by atoms with Crippen LogP contribution in [-0.4, -0.2) is 54.6 Å². The summed E-state index contributed by atoms with van der Waals surface area (Å²) in [5.41, 5.74) is 0. The molecule has 7 nitrogen and oxygen atoms in total. The zero-order valence-corrected chi connectivity index (χ0v) is 16.3. The largest absolute Gasteiger partial charge is 0.453 e. The van der Waals surface area contributed by atoms with Gasteiger partial charge in [-0.2, -0.15) is 0 Å². The Morgan fingerprint density at radius 1 is 1.12 bits per heavy atom. The molecule has 144 valence electrons. The lowest BCUT2D eigenvalue weighted by molar-refractivity contribution is -0.136. The number of rotatable bonds is 4. The number of carbonyl (C=O) groups excluding carboxylic acids is 3. The molecule has 0 bridgehead atoms. The summed E-state index contributed by atoms with van der Waals surface area (Å²) in [6.07, 6.45) is 2.28. The van der Waals surface area contributed by atoms with Crippen molar-refractivity contribution in [3.63, 3.8) is 0 Å². The van der Waals surface area contributed by atoms with Crippen LogP contribution in [-0.2, 0) is 14.3 Å². The number of methoxy groups -OCH3 is 1. The number of ether oxygens (including phenoxy) is 1. The van der Waals surface area contributed by atoms with Crippen LogP contribution in [0.3, 0.4) is 0 Å². The van der Waals surface area contributed by atoms with Crippen molar-refractivity contribution in [2.75, 3.05) is 13.7 Å². The van der Waals surface area contributed by atoms with Gasteiger partial charge in [-0.1, -0.05) is 27.7 Å². The molecule has 2 rings (SSSR count). The fraction of sp³-hybridized carbons (Fsp3) is 0.833. The van der Waals surface area contributed by atoms with Gasteiger partial charge >= 0.3 is 6.09 Å². The highest BCUT2D eigenvalue weighted by atomic mass is 16.5. The molecule has 1 saturated carbocycles. The number of hydrogen-bond acceptors (Lipinski definition) is 4. The first-order valence-electron chi connectivity index (χ1n) is 9.27. The van der Waals surface area contributed by atoms with Gasteiger partial charge in [-0.05, 0) is 31.1 Å². The minimum atomic E-state index is -0.611. The van der Waals surface area contributed by atoms with Gasteiger partial charge in [-0.15, -0.1) is 0 Å². The van der Waals surface area contributed by atoms with E-state index in [1.165, 1.54) is 14.0 Å². The molecule has 0 aromatic carbocycles. The quantitative estimate of drug-likeness (QED) is 0.806. The summed E-state index contributed by atoms with van der Waals surface area (Å²) >= 11 is 0. The standard InChI is InChI=1S/C16H27N3O4.C2H6/c1-9(2)13(18-16(22)23-4)15(21)19-8-7-11-5-6-12(14(11)19)17-10(3)20;1-2/h9,11-14H,5-8H2,1-4H3,(H,17,20)(H,18,22);1-2H3. The van der Waals surface area contributed by atoms with Gasteiger partial charge in [-0.25, -0.2) is 4.79 Å². The van der Waals surface area contributed by atoms with Gasteiger partial charge in [0, 0.05) is 19.5 Å². The summed E-state index contributed by atoms with van der Waals surface area (Å²) < 4.78 is 4.63. The summed E-state index contributed by atoms with van der Waals surface area (Å²) in [6.45, 7) is 9.97. The second-order valence-corrected chi connectivity index (χ2v) is 6.81. The van der Waals surface area contributed by atoms with Crippen molar-refractivity contribution in [3.8, 4) is 0 Å². The molecule has 1 saturated heterocycles. The summed E-state index contributed by atoms with van der Waals surface area (Å²) in [7, 11) is 1.28. The van der Waals surface area contributed by atoms with Gasteiger partial charge in [0.1, 0.15) is 6.04 Å². The maximum atomic E-state index is 13.0. The van der Waals surface area contributed by atoms with Gasteiger partial charge in [0.15, 0.2) is 0 Å². The smallest absolute Gasteiger partial charge is 0.407 e. The molecule has 4 atom stereocenters. The van der Waals surface area contributed by atoms with Gasteiger partial charge in [-0.3, -0.25) is 9.59 Å². The van der Waals surface area contributed by atoms with Crippen LogP contribution >= 0.6 is 0 Å². The van der Waals surface area contributed by atoms with E-state index >= 15 is 0 Å². The van der Waals surface area contributed by atoms with Crippen LogP contribution < -0.4 is 10.6 Å². The minimum Gasteiger partial charge on any atom is -0.453 e. The average Bonchev–Trinajstić information content (AvgIpc) is 3.16. The Morgan fingerprint density at radius 2 is 1.76 bits per heavy atom. The molecule has 1 heterocycles. The first kappa shape index (κ1) is 21.3.